The van der Waals surface area contributed by atoms with E-state index < -0.39 is 0 Å². The molecule has 0 saturated carbocycles. The van der Waals surface area contributed by atoms with Crippen LogP contribution in [0.5, 0.6) is 0 Å². The van der Waals surface area contributed by atoms with Crippen LogP contribution in [0.4, 0.5) is 5.69 Å². The van der Waals surface area contributed by atoms with Gasteiger partial charge < -0.3 is 4.31 Å². The first-order valence-corrected chi connectivity index (χ1v) is 6.25. The molecular weight excluding hydrogens is 258 g/mol. The number of benzene rings is 1. The minimum Gasteiger partial charge on any atom is -0.312 e. The van der Waals surface area contributed by atoms with Crippen molar-refractivity contribution in [2.24, 2.45) is 0 Å². The third kappa shape index (κ3) is 2.34. The fraction of sp³-hybridized carbons (Fsp3) is 0.273. The predicted octanol–water partition coefficient (Wildman–Crippen LogP) is 3.86. The molecule has 0 radical (unpaired) electrons. The summed E-state index contributed by atoms with van der Waals surface area (Å²) in [5.74, 6) is 0. The Kier molecular flexibility index (Phi) is 3.19. The summed E-state index contributed by atoms with van der Waals surface area (Å²) in [6, 6.07) is 8.45. The zero-order valence-electron chi connectivity index (χ0n) is 7.98. The number of rotatable bonds is 1. The Morgan fingerprint density at radius 3 is 2.71 bits per heavy atom. The summed E-state index contributed by atoms with van der Waals surface area (Å²) >= 11 is 5.32. The predicted molar refractivity (Wildman–Crippen MR) is 67.7 cm³/mol. The summed E-state index contributed by atoms with van der Waals surface area (Å²) in [6.45, 7) is 3.21. The van der Waals surface area contributed by atoms with Gasteiger partial charge in [0.25, 0.3) is 0 Å². The maximum atomic E-state index is 3.44. The minimum atomic E-state index is 0.576. The van der Waals surface area contributed by atoms with Crippen molar-refractivity contribution in [1.82, 2.24) is 0 Å². The van der Waals surface area contributed by atoms with Gasteiger partial charge in [-0.25, -0.2) is 0 Å². The zero-order valence-corrected chi connectivity index (χ0v) is 10.4. The van der Waals surface area contributed by atoms with Crippen LogP contribution in [0, 0.1) is 0 Å². The molecule has 0 amide bonds. The number of halogens is 1. The van der Waals surface area contributed by atoms with E-state index in [0.717, 1.165) is 11.0 Å². The minimum absolute atomic E-state index is 0.576. The van der Waals surface area contributed by atoms with E-state index in [1.54, 1.807) is 0 Å². The van der Waals surface area contributed by atoms with Gasteiger partial charge >= 0.3 is 0 Å². The molecule has 0 spiro atoms. The van der Waals surface area contributed by atoms with Crippen LogP contribution in [0.1, 0.15) is 6.92 Å². The van der Waals surface area contributed by atoms with E-state index >= 15 is 0 Å². The molecular formula is C11H12BrNS. The van der Waals surface area contributed by atoms with E-state index in [2.05, 4.69) is 63.6 Å². The van der Waals surface area contributed by atoms with Gasteiger partial charge in [0.15, 0.2) is 0 Å². The van der Waals surface area contributed by atoms with Gasteiger partial charge in [0, 0.05) is 22.0 Å². The molecule has 0 N–H and O–H groups in total. The molecule has 1 heterocycles. The second-order valence-electron chi connectivity index (χ2n) is 3.28. The molecule has 0 aliphatic carbocycles. The van der Waals surface area contributed by atoms with Gasteiger partial charge in [-0.2, -0.15) is 0 Å². The SMILES string of the molecule is CC1C=CCN(c2ccc(Br)cc2)S1. The second kappa shape index (κ2) is 4.41. The van der Waals surface area contributed by atoms with Crippen molar-refractivity contribution in [3.63, 3.8) is 0 Å². The molecule has 14 heavy (non-hydrogen) atoms. The first-order valence-electron chi connectivity index (χ1n) is 4.62. The fourth-order valence-corrected chi connectivity index (χ4v) is 2.66. The number of hydrogen-bond donors (Lipinski definition) is 0. The Hall–Kier alpha value is -0.410. The average Bonchev–Trinajstić information content (AvgIpc) is 2.19. The summed E-state index contributed by atoms with van der Waals surface area (Å²) in [6.07, 6.45) is 4.48. The van der Waals surface area contributed by atoms with Crippen molar-refractivity contribution in [2.45, 2.75) is 12.2 Å². The maximum Gasteiger partial charge on any atom is 0.0477 e. The van der Waals surface area contributed by atoms with Crippen LogP contribution in [0.2, 0.25) is 0 Å². The van der Waals surface area contributed by atoms with Gasteiger partial charge in [0.1, 0.15) is 0 Å². The highest BCUT2D eigenvalue weighted by molar-refractivity contribution is 9.10. The van der Waals surface area contributed by atoms with Crippen molar-refractivity contribution in [2.75, 3.05) is 10.8 Å². The molecule has 2 rings (SSSR count). The summed E-state index contributed by atoms with van der Waals surface area (Å²) in [4.78, 5) is 0. The van der Waals surface area contributed by atoms with E-state index in [1.807, 2.05) is 11.9 Å². The number of nitrogens with zero attached hydrogens (tertiary/aromatic N) is 1. The van der Waals surface area contributed by atoms with E-state index in [4.69, 9.17) is 0 Å². The van der Waals surface area contributed by atoms with Gasteiger partial charge in [0.05, 0.1) is 0 Å². The lowest BCUT2D eigenvalue weighted by Gasteiger charge is -2.27. The van der Waals surface area contributed by atoms with E-state index in [-0.39, 0.29) is 0 Å². The van der Waals surface area contributed by atoms with Gasteiger partial charge in [-0.3, -0.25) is 0 Å². The van der Waals surface area contributed by atoms with Gasteiger partial charge in [-0.1, -0.05) is 28.1 Å². The van der Waals surface area contributed by atoms with Crippen LogP contribution in [-0.2, 0) is 0 Å². The van der Waals surface area contributed by atoms with Crippen LogP contribution in [0.15, 0.2) is 40.9 Å². The third-order valence-electron chi connectivity index (χ3n) is 2.09. The van der Waals surface area contributed by atoms with Crippen LogP contribution in [-0.4, -0.2) is 11.8 Å². The molecule has 0 aromatic heterocycles. The lowest BCUT2D eigenvalue weighted by molar-refractivity contribution is 1.11. The summed E-state index contributed by atoms with van der Waals surface area (Å²) in [7, 11) is 0. The topological polar surface area (TPSA) is 3.24 Å². The van der Waals surface area contributed by atoms with E-state index in [1.165, 1.54) is 5.69 Å². The van der Waals surface area contributed by atoms with Gasteiger partial charge in [-0.05, 0) is 43.1 Å². The highest BCUT2D eigenvalue weighted by Gasteiger charge is 2.12. The monoisotopic (exact) mass is 269 g/mol. The van der Waals surface area contributed by atoms with Crippen molar-refractivity contribution in [1.29, 1.82) is 0 Å². The molecule has 0 saturated heterocycles. The average molecular weight is 270 g/mol. The van der Waals surface area contributed by atoms with Crippen molar-refractivity contribution >= 4 is 33.6 Å². The number of anilines is 1. The molecule has 1 atom stereocenters. The maximum absolute atomic E-state index is 3.44. The normalized spacial score (nSPS) is 21.3. The zero-order chi connectivity index (χ0) is 9.97. The van der Waals surface area contributed by atoms with Crippen LogP contribution >= 0.6 is 27.9 Å². The quantitative estimate of drug-likeness (QED) is 0.563. The Labute approximate surface area is 97.4 Å². The largest absolute Gasteiger partial charge is 0.312 e. The first kappa shape index (κ1) is 10.1. The van der Waals surface area contributed by atoms with Gasteiger partial charge in [0.2, 0.25) is 0 Å². The lowest BCUT2D eigenvalue weighted by Crippen LogP contribution is -2.21. The fourth-order valence-electron chi connectivity index (χ4n) is 1.40. The molecule has 0 bridgehead atoms. The summed E-state index contributed by atoms with van der Waals surface area (Å²) in [5, 5.41) is 0.576. The van der Waals surface area contributed by atoms with Crippen LogP contribution in [0.3, 0.4) is 0 Å². The molecule has 1 unspecified atom stereocenters. The van der Waals surface area contributed by atoms with Crippen molar-refractivity contribution in [3.8, 4) is 0 Å². The molecule has 1 aliphatic rings. The van der Waals surface area contributed by atoms with E-state index in [9.17, 15) is 0 Å². The van der Waals surface area contributed by atoms with Crippen LogP contribution in [0.25, 0.3) is 0 Å². The number of hydrogen-bond acceptors (Lipinski definition) is 2. The molecule has 74 valence electrons. The van der Waals surface area contributed by atoms with Crippen LogP contribution < -0.4 is 4.31 Å². The molecule has 0 fully saturated rings. The molecule has 1 nitrogen and oxygen atoms in total. The van der Waals surface area contributed by atoms with Crippen molar-refractivity contribution in [3.05, 3.63) is 40.9 Å². The Bertz CT molecular complexity index is 334. The van der Waals surface area contributed by atoms with Crippen molar-refractivity contribution < 1.29 is 0 Å². The van der Waals surface area contributed by atoms with E-state index in [0.29, 0.717) is 5.25 Å². The smallest absolute Gasteiger partial charge is 0.0477 e. The van der Waals surface area contributed by atoms with Gasteiger partial charge in [-0.15, -0.1) is 0 Å². The Morgan fingerprint density at radius 1 is 1.36 bits per heavy atom. The second-order valence-corrected chi connectivity index (χ2v) is 5.59. The summed E-state index contributed by atoms with van der Waals surface area (Å²) < 4.78 is 3.45. The Balaban J connectivity index is 2.15. The summed E-state index contributed by atoms with van der Waals surface area (Å²) in [5.41, 5.74) is 1.27. The standard InChI is InChI=1S/C11H12BrNS/c1-9-3-2-8-13(14-9)11-6-4-10(12)5-7-11/h2-7,9H,8H2,1H3. The highest BCUT2D eigenvalue weighted by atomic mass is 79.9. The lowest BCUT2D eigenvalue weighted by atomic mass is 10.3. The third-order valence-corrected chi connectivity index (χ3v) is 3.72. The highest BCUT2D eigenvalue weighted by Crippen LogP contribution is 2.29. The molecule has 3 heteroatoms. The Morgan fingerprint density at radius 2 is 2.07 bits per heavy atom. The molecule has 1 aliphatic heterocycles. The first-order chi connectivity index (χ1) is 6.75. The molecule has 1 aromatic rings. The molecule has 1 aromatic carbocycles.